The van der Waals surface area contributed by atoms with Gasteiger partial charge in [-0.05, 0) is 122 Å². The van der Waals surface area contributed by atoms with E-state index in [1.54, 1.807) is 0 Å². The summed E-state index contributed by atoms with van der Waals surface area (Å²) in [4.78, 5) is 2.32. The molecule has 0 atom stereocenters. The Labute approximate surface area is 257 Å². The van der Waals surface area contributed by atoms with Crippen LogP contribution in [0.2, 0.25) is 0 Å². The van der Waals surface area contributed by atoms with Crippen molar-refractivity contribution >= 4 is 91.5 Å². The third-order valence-corrected chi connectivity index (χ3v) is 10.5. The maximum atomic E-state index is 2.43. The van der Waals surface area contributed by atoms with Gasteiger partial charge in [-0.1, -0.05) is 66.7 Å². The predicted molar refractivity (Wildman–Crippen MR) is 190 cm³/mol. The first kappa shape index (κ1) is 24.6. The van der Waals surface area contributed by atoms with Crippen LogP contribution in [0.25, 0.3) is 62.9 Å². The molecule has 0 saturated carbocycles. The zero-order chi connectivity index (χ0) is 28.3. The fraction of sp³-hybridized carbons (Fsp3) is 0. The first-order valence-corrected chi connectivity index (χ1v) is 16.2. The molecule has 9 rings (SSSR count). The van der Waals surface area contributed by atoms with E-state index in [4.69, 9.17) is 0 Å². The van der Waals surface area contributed by atoms with Crippen LogP contribution in [0.1, 0.15) is 0 Å². The van der Waals surface area contributed by atoms with E-state index >= 15 is 0 Å². The Hall–Kier alpha value is -4.96. The zero-order valence-electron chi connectivity index (χ0n) is 23.2. The summed E-state index contributed by atoms with van der Waals surface area (Å²) in [7, 11) is 0. The second-order valence-electron chi connectivity index (χ2n) is 11.0. The van der Waals surface area contributed by atoms with Gasteiger partial charge in [-0.25, -0.2) is 0 Å². The number of thiophene rings is 2. The molecule has 43 heavy (non-hydrogen) atoms. The molecule has 0 aliphatic heterocycles. The lowest BCUT2D eigenvalue weighted by atomic mass is 9.91. The topological polar surface area (TPSA) is 3.24 Å². The Bertz CT molecular complexity index is 2400. The van der Waals surface area contributed by atoms with E-state index in [1.807, 2.05) is 22.7 Å². The van der Waals surface area contributed by atoms with Gasteiger partial charge < -0.3 is 4.90 Å². The quantitative estimate of drug-likeness (QED) is 0.186. The molecule has 0 fully saturated rings. The van der Waals surface area contributed by atoms with Crippen LogP contribution >= 0.6 is 22.7 Å². The molecular weight excluding hydrogens is 559 g/mol. The first-order valence-electron chi connectivity index (χ1n) is 14.5. The molecule has 2 heterocycles. The highest BCUT2D eigenvalue weighted by molar-refractivity contribution is 7.25. The first-order chi connectivity index (χ1) is 21.3. The van der Waals surface area contributed by atoms with E-state index in [9.17, 15) is 0 Å². The van der Waals surface area contributed by atoms with Gasteiger partial charge >= 0.3 is 0 Å². The number of benzene rings is 7. The maximum Gasteiger partial charge on any atom is 0.0462 e. The van der Waals surface area contributed by atoms with Gasteiger partial charge in [0.1, 0.15) is 0 Å². The van der Waals surface area contributed by atoms with Gasteiger partial charge in [0.2, 0.25) is 0 Å². The molecule has 0 amide bonds. The lowest BCUT2D eigenvalue weighted by molar-refractivity contribution is 1.28. The standard InChI is InChI=1S/C40H25NS2/c1-3-9-29(10-4-1)41(30-11-5-2-6-12-30)31-17-15-26(16-18-31)33-22-28-23-39-27(19-20-42-39)21-34(28)36-25-40-37(24-35(33)36)32-13-7-8-14-38(32)43-40/h1-25H. The highest BCUT2D eigenvalue weighted by atomic mass is 32.1. The summed E-state index contributed by atoms with van der Waals surface area (Å²) in [6.07, 6.45) is 0. The number of para-hydroxylation sites is 2. The summed E-state index contributed by atoms with van der Waals surface area (Å²) in [5, 5.41) is 11.4. The second kappa shape index (κ2) is 9.81. The Morgan fingerprint density at radius 2 is 1.09 bits per heavy atom. The molecule has 7 aromatic carbocycles. The third kappa shape index (κ3) is 4.04. The monoisotopic (exact) mass is 583 g/mol. The molecule has 0 bridgehead atoms. The van der Waals surface area contributed by atoms with Gasteiger partial charge in [-0.2, -0.15) is 0 Å². The normalized spacial score (nSPS) is 11.7. The summed E-state index contributed by atoms with van der Waals surface area (Å²) in [5.41, 5.74) is 5.92. The van der Waals surface area contributed by atoms with E-state index in [-0.39, 0.29) is 0 Å². The molecule has 0 spiro atoms. The Morgan fingerprint density at radius 3 is 1.86 bits per heavy atom. The van der Waals surface area contributed by atoms with Gasteiger partial charge in [0.25, 0.3) is 0 Å². The summed E-state index contributed by atoms with van der Waals surface area (Å²) in [6.45, 7) is 0. The SMILES string of the molecule is c1ccc(N(c2ccccc2)c2ccc(-c3cc4cc5sccc5cc4c4cc5sc6ccccc6c5cc34)cc2)cc1. The van der Waals surface area contributed by atoms with Gasteiger partial charge in [-0.3, -0.25) is 0 Å². The van der Waals surface area contributed by atoms with Crippen molar-refractivity contribution in [1.29, 1.82) is 0 Å². The zero-order valence-corrected chi connectivity index (χ0v) is 24.8. The van der Waals surface area contributed by atoms with E-state index in [2.05, 4.69) is 156 Å². The van der Waals surface area contributed by atoms with Crippen molar-refractivity contribution in [3.63, 3.8) is 0 Å². The molecule has 202 valence electrons. The number of fused-ring (bicyclic) bond motifs is 7. The molecule has 9 aromatic rings. The van der Waals surface area contributed by atoms with Crippen molar-refractivity contribution in [2.45, 2.75) is 0 Å². The average molecular weight is 584 g/mol. The smallest absolute Gasteiger partial charge is 0.0462 e. The summed E-state index contributed by atoms with van der Waals surface area (Å²) in [6, 6.07) is 53.3. The molecule has 0 radical (unpaired) electrons. The Morgan fingerprint density at radius 1 is 0.395 bits per heavy atom. The molecule has 3 heteroatoms. The van der Waals surface area contributed by atoms with Crippen molar-refractivity contribution in [1.82, 2.24) is 0 Å². The lowest BCUT2D eigenvalue weighted by Crippen LogP contribution is -2.09. The van der Waals surface area contributed by atoms with Gasteiger partial charge in [0.05, 0.1) is 0 Å². The molecule has 1 nitrogen and oxygen atoms in total. The highest BCUT2D eigenvalue weighted by Gasteiger charge is 2.16. The Balaban J connectivity index is 1.28. The van der Waals surface area contributed by atoms with E-state index < -0.39 is 0 Å². The molecule has 0 N–H and O–H groups in total. The van der Waals surface area contributed by atoms with Crippen LogP contribution in [-0.4, -0.2) is 0 Å². The van der Waals surface area contributed by atoms with Gasteiger partial charge in [-0.15, -0.1) is 22.7 Å². The fourth-order valence-electron chi connectivity index (χ4n) is 6.46. The molecule has 2 aromatic heterocycles. The molecular formula is C40H25NS2. The van der Waals surface area contributed by atoms with Crippen LogP contribution in [0, 0.1) is 0 Å². The van der Waals surface area contributed by atoms with Crippen LogP contribution in [-0.2, 0) is 0 Å². The lowest BCUT2D eigenvalue weighted by Gasteiger charge is -2.25. The number of hydrogen-bond donors (Lipinski definition) is 0. The number of anilines is 3. The van der Waals surface area contributed by atoms with Crippen molar-refractivity contribution in [2.75, 3.05) is 4.90 Å². The predicted octanol–water partition coefficient (Wildman–Crippen LogP) is 12.7. The summed E-state index contributed by atoms with van der Waals surface area (Å²) >= 11 is 3.70. The van der Waals surface area contributed by atoms with Crippen molar-refractivity contribution in [2.24, 2.45) is 0 Å². The van der Waals surface area contributed by atoms with Crippen LogP contribution in [0.4, 0.5) is 17.1 Å². The van der Waals surface area contributed by atoms with Crippen LogP contribution in [0.15, 0.2) is 151 Å². The van der Waals surface area contributed by atoms with E-state index in [1.165, 1.54) is 62.9 Å². The van der Waals surface area contributed by atoms with Crippen molar-refractivity contribution < 1.29 is 0 Å². The largest absolute Gasteiger partial charge is 0.311 e. The van der Waals surface area contributed by atoms with Crippen LogP contribution < -0.4 is 4.90 Å². The van der Waals surface area contributed by atoms with Crippen molar-refractivity contribution in [3.8, 4) is 11.1 Å². The van der Waals surface area contributed by atoms with Crippen LogP contribution in [0.3, 0.4) is 0 Å². The highest BCUT2D eigenvalue weighted by Crippen LogP contribution is 2.44. The molecule has 0 saturated heterocycles. The van der Waals surface area contributed by atoms with E-state index in [0.29, 0.717) is 0 Å². The number of hydrogen-bond acceptors (Lipinski definition) is 3. The Kier molecular flexibility index (Phi) is 5.62. The molecule has 0 aliphatic rings. The summed E-state index contributed by atoms with van der Waals surface area (Å²) < 4.78 is 4.01. The van der Waals surface area contributed by atoms with E-state index in [0.717, 1.165) is 17.1 Å². The number of nitrogens with zero attached hydrogens (tertiary/aromatic N) is 1. The van der Waals surface area contributed by atoms with Gasteiger partial charge in [0.15, 0.2) is 0 Å². The number of rotatable bonds is 4. The maximum absolute atomic E-state index is 2.43. The third-order valence-electron chi connectivity index (χ3n) is 8.49. The minimum atomic E-state index is 1.14. The molecule has 0 aliphatic carbocycles. The van der Waals surface area contributed by atoms with Gasteiger partial charge in [0, 0.05) is 41.9 Å². The molecule has 0 unspecified atom stereocenters. The average Bonchev–Trinajstić information content (AvgIpc) is 3.68. The fourth-order valence-corrected chi connectivity index (χ4v) is 8.40. The second-order valence-corrected chi connectivity index (χ2v) is 13.0. The minimum Gasteiger partial charge on any atom is -0.311 e. The summed E-state index contributed by atoms with van der Waals surface area (Å²) in [5.74, 6) is 0. The van der Waals surface area contributed by atoms with Crippen LogP contribution in [0.5, 0.6) is 0 Å². The minimum absolute atomic E-state index is 1.14. The van der Waals surface area contributed by atoms with Crippen molar-refractivity contribution in [3.05, 3.63) is 151 Å².